The quantitative estimate of drug-likeness (QED) is 0.254. The van der Waals surface area contributed by atoms with Crippen LogP contribution < -0.4 is 19.7 Å². The molecule has 228 valence electrons. The van der Waals surface area contributed by atoms with Crippen LogP contribution in [-0.2, 0) is 16.6 Å². The molecule has 3 aromatic carbocycles. The summed E-state index contributed by atoms with van der Waals surface area (Å²) in [5, 5.41) is 2.99. The molecule has 0 aliphatic carbocycles. The SMILES string of the molecule is CCCCN(C(=O)NC1CCN(Cc2ccc(Oc3ccc(NS(C)(=O)=O)cc3)cc2)CC1)c1c(F)cccc1F.Cl. The Morgan fingerprint density at radius 1 is 0.976 bits per heavy atom. The van der Waals surface area contributed by atoms with Crippen molar-refractivity contribution in [2.24, 2.45) is 0 Å². The summed E-state index contributed by atoms with van der Waals surface area (Å²) < 4.78 is 59.8. The molecule has 0 saturated carbocycles. The van der Waals surface area contributed by atoms with Crippen LogP contribution in [0.3, 0.4) is 0 Å². The monoisotopic (exact) mass is 622 g/mol. The first kappa shape index (κ1) is 33.1. The number of benzene rings is 3. The third-order valence-electron chi connectivity index (χ3n) is 6.83. The number of para-hydroxylation sites is 1. The Morgan fingerprint density at radius 2 is 1.55 bits per heavy atom. The number of anilines is 2. The molecule has 0 atom stereocenters. The number of hydrogen-bond acceptors (Lipinski definition) is 5. The number of carbonyl (C=O) groups is 1. The van der Waals surface area contributed by atoms with E-state index in [1.807, 2.05) is 31.2 Å². The molecule has 0 bridgehead atoms. The minimum Gasteiger partial charge on any atom is -0.457 e. The van der Waals surface area contributed by atoms with Crippen LogP contribution in [0, 0.1) is 11.6 Å². The lowest BCUT2D eigenvalue weighted by atomic mass is 10.0. The van der Waals surface area contributed by atoms with Crippen LogP contribution in [0.1, 0.15) is 38.2 Å². The smallest absolute Gasteiger partial charge is 0.322 e. The van der Waals surface area contributed by atoms with Crippen molar-refractivity contribution < 1.29 is 26.7 Å². The highest BCUT2D eigenvalue weighted by Crippen LogP contribution is 2.26. The molecule has 12 heteroatoms. The van der Waals surface area contributed by atoms with Gasteiger partial charge in [0.1, 0.15) is 28.8 Å². The molecule has 0 spiro atoms. The van der Waals surface area contributed by atoms with Crippen LogP contribution in [0.2, 0.25) is 0 Å². The highest BCUT2D eigenvalue weighted by molar-refractivity contribution is 7.92. The summed E-state index contributed by atoms with van der Waals surface area (Å²) >= 11 is 0. The van der Waals surface area contributed by atoms with Crippen molar-refractivity contribution in [3.63, 3.8) is 0 Å². The van der Waals surface area contributed by atoms with Crippen LogP contribution in [0.4, 0.5) is 25.0 Å². The molecule has 1 aliphatic rings. The van der Waals surface area contributed by atoms with E-state index < -0.39 is 27.7 Å². The number of unbranched alkanes of at least 4 members (excludes halogenated alkanes) is 1. The molecule has 42 heavy (non-hydrogen) atoms. The van der Waals surface area contributed by atoms with Crippen molar-refractivity contribution in [2.45, 2.75) is 45.2 Å². The number of sulfonamides is 1. The van der Waals surface area contributed by atoms with Crippen LogP contribution in [0.15, 0.2) is 66.7 Å². The van der Waals surface area contributed by atoms with Crippen molar-refractivity contribution in [3.8, 4) is 11.5 Å². The molecule has 0 unspecified atom stereocenters. The Bertz CT molecular complexity index is 1400. The van der Waals surface area contributed by atoms with Gasteiger partial charge in [0.15, 0.2) is 0 Å². The highest BCUT2D eigenvalue weighted by atomic mass is 35.5. The molecule has 0 aromatic heterocycles. The maximum atomic E-state index is 14.4. The fraction of sp³-hybridized carbons (Fsp3) is 0.367. The lowest BCUT2D eigenvalue weighted by molar-refractivity contribution is 0.188. The molecule has 1 heterocycles. The van der Waals surface area contributed by atoms with E-state index in [1.54, 1.807) is 24.3 Å². The molecular formula is C30H37ClF2N4O4S. The molecule has 2 amide bonds. The van der Waals surface area contributed by atoms with Crippen molar-refractivity contribution in [1.29, 1.82) is 0 Å². The number of halogens is 3. The number of ether oxygens (including phenoxy) is 1. The van der Waals surface area contributed by atoms with Gasteiger partial charge in [-0.1, -0.05) is 31.5 Å². The number of hydrogen-bond donors (Lipinski definition) is 2. The summed E-state index contributed by atoms with van der Waals surface area (Å²) in [5.41, 5.74) is 1.28. The van der Waals surface area contributed by atoms with Crippen molar-refractivity contribution in [1.82, 2.24) is 10.2 Å². The van der Waals surface area contributed by atoms with E-state index in [1.165, 1.54) is 23.1 Å². The van der Waals surface area contributed by atoms with Gasteiger partial charge in [-0.2, -0.15) is 0 Å². The average Bonchev–Trinajstić information content (AvgIpc) is 2.93. The maximum absolute atomic E-state index is 14.4. The highest BCUT2D eigenvalue weighted by Gasteiger charge is 2.26. The van der Waals surface area contributed by atoms with Crippen molar-refractivity contribution >= 4 is 39.8 Å². The second kappa shape index (κ2) is 15.2. The largest absolute Gasteiger partial charge is 0.457 e. The summed E-state index contributed by atoms with van der Waals surface area (Å²) in [4.78, 5) is 16.5. The Morgan fingerprint density at radius 3 is 2.10 bits per heavy atom. The first-order valence-corrected chi connectivity index (χ1v) is 15.6. The van der Waals surface area contributed by atoms with Gasteiger partial charge in [0.05, 0.1) is 6.26 Å². The number of likely N-dealkylation sites (tertiary alicyclic amines) is 1. The third kappa shape index (κ3) is 9.57. The second-order valence-corrected chi connectivity index (χ2v) is 12.0. The number of nitrogens with one attached hydrogen (secondary N) is 2. The number of piperidine rings is 1. The van der Waals surface area contributed by atoms with Gasteiger partial charge in [-0.3, -0.25) is 14.5 Å². The molecule has 3 aromatic rings. The van der Waals surface area contributed by atoms with Gasteiger partial charge in [-0.25, -0.2) is 22.0 Å². The molecule has 1 fully saturated rings. The van der Waals surface area contributed by atoms with Gasteiger partial charge in [0, 0.05) is 37.9 Å². The van der Waals surface area contributed by atoms with Gasteiger partial charge in [0.25, 0.3) is 0 Å². The number of urea groups is 1. The number of amides is 2. The van der Waals surface area contributed by atoms with Crippen LogP contribution >= 0.6 is 12.4 Å². The standard InChI is InChI=1S/C30H36F2N4O4S.ClH/c1-3-4-18-36(29-27(31)6-5-7-28(29)32)30(37)33-23-16-19-35(20-17-23)21-22-8-12-25(13-9-22)40-26-14-10-24(11-15-26)34-41(2,38)39;/h5-15,23,34H,3-4,16-21H2,1-2H3,(H,33,37);1H. The maximum Gasteiger partial charge on any atom is 0.322 e. The van der Waals surface area contributed by atoms with Crippen LogP contribution in [0.25, 0.3) is 0 Å². The van der Waals surface area contributed by atoms with E-state index in [2.05, 4.69) is 14.9 Å². The van der Waals surface area contributed by atoms with Gasteiger partial charge < -0.3 is 10.1 Å². The summed E-state index contributed by atoms with van der Waals surface area (Å²) in [7, 11) is -3.33. The Balaban J connectivity index is 0.00000484. The van der Waals surface area contributed by atoms with Crippen LogP contribution in [0.5, 0.6) is 11.5 Å². The zero-order chi connectivity index (χ0) is 29.4. The molecule has 8 nitrogen and oxygen atoms in total. The minimum atomic E-state index is -3.33. The Hall–Kier alpha value is -3.41. The first-order valence-electron chi connectivity index (χ1n) is 13.7. The van der Waals surface area contributed by atoms with Gasteiger partial charge in [0.2, 0.25) is 10.0 Å². The molecule has 4 rings (SSSR count). The minimum absolute atomic E-state index is 0. The Kier molecular flexibility index (Phi) is 12.0. The van der Waals surface area contributed by atoms with E-state index in [0.717, 1.165) is 50.7 Å². The summed E-state index contributed by atoms with van der Waals surface area (Å²) in [6, 6.07) is 17.5. The molecule has 1 saturated heterocycles. The van der Waals surface area contributed by atoms with Crippen LogP contribution in [-0.4, -0.2) is 51.3 Å². The number of nitrogens with zero attached hydrogens (tertiary/aromatic N) is 2. The second-order valence-electron chi connectivity index (χ2n) is 10.2. The summed E-state index contributed by atoms with van der Waals surface area (Å²) in [5.74, 6) is -0.241. The van der Waals surface area contributed by atoms with Gasteiger partial charge >= 0.3 is 6.03 Å². The molecule has 2 N–H and O–H groups in total. The zero-order valence-electron chi connectivity index (χ0n) is 23.7. The average molecular weight is 623 g/mol. The number of carbonyl (C=O) groups excluding carboxylic acids is 1. The molecule has 0 radical (unpaired) electrons. The number of rotatable bonds is 11. The van der Waals surface area contributed by atoms with E-state index in [-0.39, 0.29) is 30.7 Å². The van der Waals surface area contributed by atoms with E-state index in [0.29, 0.717) is 23.6 Å². The van der Waals surface area contributed by atoms with E-state index in [4.69, 9.17) is 4.74 Å². The summed E-state index contributed by atoms with van der Waals surface area (Å²) in [6.07, 6.45) is 4.00. The Labute approximate surface area is 252 Å². The first-order chi connectivity index (χ1) is 19.6. The van der Waals surface area contributed by atoms with Crippen molar-refractivity contribution in [2.75, 3.05) is 35.5 Å². The van der Waals surface area contributed by atoms with E-state index >= 15 is 0 Å². The van der Waals surface area contributed by atoms with Gasteiger partial charge in [-0.15, -0.1) is 12.4 Å². The predicted molar refractivity (Wildman–Crippen MR) is 164 cm³/mol. The fourth-order valence-corrected chi connectivity index (χ4v) is 5.29. The topological polar surface area (TPSA) is 91.0 Å². The lowest BCUT2D eigenvalue weighted by Crippen LogP contribution is -2.50. The molecular weight excluding hydrogens is 586 g/mol. The predicted octanol–water partition coefficient (Wildman–Crippen LogP) is 6.53. The summed E-state index contributed by atoms with van der Waals surface area (Å²) in [6.45, 7) is 4.51. The van der Waals surface area contributed by atoms with E-state index in [9.17, 15) is 22.0 Å². The zero-order valence-corrected chi connectivity index (χ0v) is 25.3. The molecule has 1 aliphatic heterocycles. The fourth-order valence-electron chi connectivity index (χ4n) is 4.73. The van der Waals surface area contributed by atoms with Crippen molar-refractivity contribution in [3.05, 3.63) is 83.9 Å². The lowest BCUT2D eigenvalue weighted by Gasteiger charge is -2.34. The third-order valence-corrected chi connectivity index (χ3v) is 7.43. The van der Waals surface area contributed by atoms with Gasteiger partial charge in [-0.05, 0) is 73.4 Å². The normalized spacial score (nSPS) is 14.1.